The van der Waals surface area contributed by atoms with Gasteiger partial charge in [0.25, 0.3) is 0 Å². The molecule has 2 N–H and O–H groups in total. The molecule has 0 aliphatic rings. The van der Waals surface area contributed by atoms with Crippen molar-refractivity contribution in [2.75, 3.05) is 14.2 Å². The first-order valence-electron chi connectivity index (χ1n) is 5.43. The fourth-order valence-electron chi connectivity index (χ4n) is 1.58. The molecule has 0 radical (unpaired) electrons. The van der Waals surface area contributed by atoms with Gasteiger partial charge in [-0.05, 0) is 38.0 Å². The fourth-order valence-corrected chi connectivity index (χ4v) is 1.58. The van der Waals surface area contributed by atoms with E-state index in [0.29, 0.717) is 0 Å². The number of hydrogen-bond acceptors (Lipinski definition) is 3. The molecule has 1 atom stereocenters. The van der Waals surface area contributed by atoms with Gasteiger partial charge in [0.05, 0.1) is 12.7 Å². The Morgan fingerprint density at radius 3 is 2.19 bits per heavy atom. The van der Waals surface area contributed by atoms with E-state index in [0.717, 1.165) is 17.7 Å². The van der Waals surface area contributed by atoms with Gasteiger partial charge < -0.3 is 15.2 Å². The van der Waals surface area contributed by atoms with Gasteiger partial charge in [-0.15, -0.1) is 0 Å². The predicted molar refractivity (Wildman–Crippen MR) is 65.6 cm³/mol. The molecule has 0 bridgehead atoms. The topological polar surface area (TPSA) is 44.5 Å². The average Bonchev–Trinajstić information content (AvgIpc) is 2.28. The predicted octanol–water partition coefficient (Wildman–Crippen LogP) is 2.51. The van der Waals surface area contributed by atoms with E-state index in [1.807, 2.05) is 38.1 Å². The van der Waals surface area contributed by atoms with Crippen LogP contribution in [0.25, 0.3) is 0 Å². The van der Waals surface area contributed by atoms with Crippen molar-refractivity contribution >= 4 is 0 Å². The van der Waals surface area contributed by atoms with Crippen LogP contribution in [0.1, 0.15) is 31.9 Å². The number of hydrogen-bond donors (Lipinski definition) is 1. The van der Waals surface area contributed by atoms with Crippen LogP contribution in [0.4, 0.5) is 0 Å². The third kappa shape index (κ3) is 3.51. The first kappa shape index (κ1) is 13.0. The largest absolute Gasteiger partial charge is 0.497 e. The van der Waals surface area contributed by atoms with Gasteiger partial charge in [-0.25, -0.2) is 0 Å². The summed E-state index contributed by atoms with van der Waals surface area (Å²) in [6.07, 6.45) is 0.788. The molecule has 0 fully saturated rings. The van der Waals surface area contributed by atoms with Crippen LogP contribution in [-0.4, -0.2) is 19.8 Å². The van der Waals surface area contributed by atoms with E-state index < -0.39 is 0 Å². The lowest BCUT2D eigenvalue weighted by atomic mass is 9.94. The standard InChI is InChI=1S/C13H21NO2/c1-13(2,16-4)9-12(14)10-5-7-11(15-3)8-6-10/h5-8,12H,9,14H2,1-4H3. The molecule has 1 rings (SSSR count). The highest BCUT2D eigenvalue weighted by Gasteiger charge is 2.21. The maximum absolute atomic E-state index is 6.13. The number of benzene rings is 1. The Hall–Kier alpha value is -1.06. The van der Waals surface area contributed by atoms with E-state index in [2.05, 4.69) is 0 Å². The van der Waals surface area contributed by atoms with E-state index >= 15 is 0 Å². The van der Waals surface area contributed by atoms with Crippen molar-refractivity contribution in [2.24, 2.45) is 5.73 Å². The summed E-state index contributed by atoms with van der Waals surface area (Å²) in [5.74, 6) is 0.849. The number of nitrogens with two attached hydrogens (primary N) is 1. The van der Waals surface area contributed by atoms with Crippen molar-refractivity contribution in [2.45, 2.75) is 31.9 Å². The minimum absolute atomic E-state index is 0.0131. The molecular formula is C13H21NO2. The van der Waals surface area contributed by atoms with Gasteiger partial charge in [-0.3, -0.25) is 0 Å². The van der Waals surface area contributed by atoms with Crippen molar-refractivity contribution in [3.63, 3.8) is 0 Å². The zero-order valence-corrected chi connectivity index (χ0v) is 10.5. The minimum atomic E-state index is -0.195. The molecule has 0 aliphatic heterocycles. The summed E-state index contributed by atoms with van der Waals surface area (Å²) in [6.45, 7) is 4.08. The maximum atomic E-state index is 6.13. The van der Waals surface area contributed by atoms with Crippen LogP contribution in [-0.2, 0) is 4.74 Å². The highest BCUT2D eigenvalue weighted by molar-refractivity contribution is 5.29. The molecular weight excluding hydrogens is 202 g/mol. The van der Waals surface area contributed by atoms with Crippen LogP contribution in [0.15, 0.2) is 24.3 Å². The Bertz CT molecular complexity index is 319. The van der Waals surface area contributed by atoms with E-state index in [9.17, 15) is 0 Å². The molecule has 0 amide bonds. The van der Waals surface area contributed by atoms with E-state index in [1.165, 1.54) is 0 Å². The number of ether oxygens (including phenoxy) is 2. The van der Waals surface area contributed by atoms with Gasteiger partial charge >= 0.3 is 0 Å². The Balaban J connectivity index is 2.69. The molecule has 1 aromatic carbocycles. The van der Waals surface area contributed by atoms with Gasteiger partial charge in [-0.1, -0.05) is 12.1 Å². The van der Waals surface area contributed by atoms with Crippen molar-refractivity contribution in [3.8, 4) is 5.75 Å². The molecule has 0 spiro atoms. The molecule has 1 unspecified atom stereocenters. The number of rotatable bonds is 5. The van der Waals surface area contributed by atoms with Gasteiger partial charge in [-0.2, -0.15) is 0 Å². The molecule has 0 heterocycles. The molecule has 3 heteroatoms. The second-order valence-electron chi connectivity index (χ2n) is 4.55. The summed E-state index contributed by atoms with van der Waals surface area (Å²) in [5, 5.41) is 0. The summed E-state index contributed by atoms with van der Waals surface area (Å²) >= 11 is 0. The van der Waals surface area contributed by atoms with Crippen molar-refractivity contribution in [1.29, 1.82) is 0 Å². The Morgan fingerprint density at radius 2 is 1.75 bits per heavy atom. The molecule has 0 saturated carbocycles. The minimum Gasteiger partial charge on any atom is -0.497 e. The highest BCUT2D eigenvalue weighted by atomic mass is 16.5. The molecule has 16 heavy (non-hydrogen) atoms. The summed E-state index contributed by atoms with van der Waals surface area (Å²) in [5.41, 5.74) is 7.04. The second-order valence-corrected chi connectivity index (χ2v) is 4.55. The lowest BCUT2D eigenvalue weighted by Gasteiger charge is -2.26. The lowest BCUT2D eigenvalue weighted by Crippen LogP contribution is -2.28. The molecule has 1 aromatic rings. The van der Waals surface area contributed by atoms with E-state index in [4.69, 9.17) is 15.2 Å². The third-order valence-corrected chi connectivity index (χ3v) is 2.81. The Kier molecular flexibility index (Phi) is 4.33. The van der Waals surface area contributed by atoms with Crippen LogP contribution < -0.4 is 10.5 Å². The Morgan fingerprint density at radius 1 is 1.19 bits per heavy atom. The van der Waals surface area contributed by atoms with Gasteiger partial charge in [0.15, 0.2) is 0 Å². The van der Waals surface area contributed by atoms with Crippen molar-refractivity contribution in [1.82, 2.24) is 0 Å². The van der Waals surface area contributed by atoms with Crippen LogP contribution in [0.2, 0.25) is 0 Å². The zero-order chi connectivity index (χ0) is 12.2. The van der Waals surface area contributed by atoms with Gasteiger partial charge in [0.1, 0.15) is 5.75 Å². The molecule has 3 nitrogen and oxygen atoms in total. The summed E-state index contributed by atoms with van der Waals surface area (Å²) in [4.78, 5) is 0. The van der Waals surface area contributed by atoms with Crippen molar-refractivity contribution in [3.05, 3.63) is 29.8 Å². The lowest BCUT2D eigenvalue weighted by molar-refractivity contribution is 0.00995. The van der Waals surface area contributed by atoms with Crippen molar-refractivity contribution < 1.29 is 9.47 Å². The van der Waals surface area contributed by atoms with Crippen LogP contribution in [0, 0.1) is 0 Å². The molecule has 0 aliphatic carbocycles. The Labute approximate surface area is 97.6 Å². The number of methoxy groups -OCH3 is 2. The van der Waals surface area contributed by atoms with Crippen LogP contribution >= 0.6 is 0 Å². The summed E-state index contributed by atoms with van der Waals surface area (Å²) < 4.78 is 10.5. The SMILES string of the molecule is COc1ccc(C(N)CC(C)(C)OC)cc1. The molecule has 90 valence electrons. The summed E-state index contributed by atoms with van der Waals surface area (Å²) in [7, 11) is 3.36. The third-order valence-electron chi connectivity index (χ3n) is 2.81. The van der Waals surface area contributed by atoms with E-state index in [-0.39, 0.29) is 11.6 Å². The first-order valence-corrected chi connectivity index (χ1v) is 5.43. The smallest absolute Gasteiger partial charge is 0.118 e. The normalized spacial score (nSPS) is 13.6. The quantitative estimate of drug-likeness (QED) is 0.834. The second kappa shape index (κ2) is 5.32. The average molecular weight is 223 g/mol. The zero-order valence-electron chi connectivity index (χ0n) is 10.5. The molecule has 0 aromatic heterocycles. The fraction of sp³-hybridized carbons (Fsp3) is 0.538. The van der Waals surface area contributed by atoms with Gasteiger partial charge in [0.2, 0.25) is 0 Å². The maximum Gasteiger partial charge on any atom is 0.118 e. The first-order chi connectivity index (χ1) is 7.48. The summed E-state index contributed by atoms with van der Waals surface area (Å²) in [6, 6.07) is 7.83. The van der Waals surface area contributed by atoms with Crippen LogP contribution in [0.3, 0.4) is 0 Å². The molecule has 0 saturated heterocycles. The van der Waals surface area contributed by atoms with Gasteiger partial charge in [0, 0.05) is 13.2 Å². The van der Waals surface area contributed by atoms with Crippen LogP contribution in [0.5, 0.6) is 5.75 Å². The van der Waals surface area contributed by atoms with E-state index in [1.54, 1.807) is 14.2 Å². The monoisotopic (exact) mass is 223 g/mol. The highest BCUT2D eigenvalue weighted by Crippen LogP contribution is 2.25.